The predicted octanol–water partition coefficient (Wildman–Crippen LogP) is 1.22. The third-order valence-electron chi connectivity index (χ3n) is 2.01. The van der Waals surface area contributed by atoms with Crippen LogP contribution in [-0.2, 0) is 9.59 Å². The number of hydrogen-bond acceptors (Lipinski definition) is 4. The van der Waals surface area contributed by atoms with Crippen molar-refractivity contribution in [1.29, 1.82) is 0 Å². The second-order valence-electron chi connectivity index (χ2n) is 3.68. The molecule has 0 fully saturated rings. The molecule has 1 aromatic rings. The molecule has 3 N–H and O–H groups in total. The summed E-state index contributed by atoms with van der Waals surface area (Å²) < 4.78 is 0. The fourth-order valence-corrected chi connectivity index (χ4v) is 2.27. The highest BCUT2D eigenvalue weighted by Crippen LogP contribution is 2.27. The van der Waals surface area contributed by atoms with Gasteiger partial charge in [0.05, 0.1) is 12.0 Å². The summed E-state index contributed by atoms with van der Waals surface area (Å²) >= 11 is 1.30. The molecule has 6 nitrogen and oxygen atoms in total. The molecule has 18 heavy (non-hydrogen) atoms. The van der Waals surface area contributed by atoms with E-state index in [2.05, 4.69) is 10.6 Å². The second kappa shape index (κ2) is 6.15. The van der Waals surface area contributed by atoms with E-state index in [0.717, 1.165) is 4.88 Å². The number of anilines is 1. The highest BCUT2D eigenvalue weighted by molar-refractivity contribution is 7.16. The van der Waals surface area contributed by atoms with Crippen molar-refractivity contribution >= 4 is 34.1 Å². The van der Waals surface area contributed by atoms with Crippen molar-refractivity contribution in [3.05, 3.63) is 16.5 Å². The Bertz CT molecular complexity index is 481. The van der Waals surface area contributed by atoms with Gasteiger partial charge in [-0.2, -0.15) is 0 Å². The topological polar surface area (TPSA) is 95.5 Å². The minimum Gasteiger partial charge on any atom is -0.481 e. The first-order valence-electron chi connectivity index (χ1n) is 5.28. The monoisotopic (exact) mass is 270 g/mol. The van der Waals surface area contributed by atoms with Crippen molar-refractivity contribution in [2.75, 3.05) is 11.9 Å². The number of carboxylic acids is 1. The van der Waals surface area contributed by atoms with E-state index in [1.807, 2.05) is 6.92 Å². The van der Waals surface area contributed by atoms with E-state index in [4.69, 9.17) is 5.11 Å². The summed E-state index contributed by atoms with van der Waals surface area (Å²) in [4.78, 5) is 34.0. The van der Waals surface area contributed by atoms with E-state index < -0.39 is 5.97 Å². The highest BCUT2D eigenvalue weighted by Gasteiger charge is 2.15. The zero-order valence-corrected chi connectivity index (χ0v) is 10.9. The Labute approximate surface area is 108 Å². The lowest BCUT2D eigenvalue weighted by Crippen LogP contribution is -2.26. The summed E-state index contributed by atoms with van der Waals surface area (Å²) in [5, 5.41) is 14.0. The molecule has 7 heteroatoms. The number of aryl methyl sites for hydroxylation is 1. The molecular formula is C11H14N2O4S. The summed E-state index contributed by atoms with van der Waals surface area (Å²) in [5.41, 5.74) is 0.359. The molecule has 0 atom stereocenters. The quantitative estimate of drug-likeness (QED) is 0.749. The Morgan fingerprint density at radius 2 is 2.06 bits per heavy atom. The molecule has 1 heterocycles. The number of carbonyl (C=O) groups is 3. The maximum absolute atomic E-state index is 11.8. The molecule has 1 aromatic heterocycles. The van der Waals surface area contributed by atoms with Gasteiger partial charge in [-0.15, -0.1) is 11.3 Å². The number of thiophene rings is 1. The van der Waals surface area contributed by atoms with Crippen LogP contribution >= 0.6 is 11.3 Å². The Kier molecular flexibility index (Phi) is 4.85. The largest absolute Gasteiger partial charge is 0.481 e. The molecule has 0 radical (unpaired) electrons. The van der Waals surface area contributed by atoms with Gasteiger partial charge in [0.2, 0.25) is 5.91 Å². The maximum atomic E-state index is 11.8. The van der Waals surface area contributed by atoms with Gasteiger partial charge >= 0.3 is 5.97 Å². The van der Waals surface area contributed by atoms with Gasteiger partial charge in [-0.1, -0.05) is 0 Å². The van der Waals surface area contributed by atoms with E-state index in [9.17, 15) is 14.4 Å². The minimum absolute atomic E-state index is 0.0581. The lowest BCUT2D eigenvalue weighted by Gasteiger charge is -2.04. The summed E-state index contributed by atoms with van der Waals surface area (Å²) in [6.07, 6.45) is -0.135. The SMILES string of the molecule is CC(=O)Nc1sc(C)cc1C(=O)NCCC(=O)O. The number of carboxylic acid groups (broad SMARTS) is 1. The van der Waals surface area contributed by atoms with Crippen LogP contribution in [0.2, 0.25) is 0 Å². The van der Waals surface area contributed by atoms with Gasteiger partial charge in [-0.25, -0.2) is 0 Å². The number of aliphatic carboxylic acids is 1. The predicted molar refractivity (Wildman–Crippen MR) is 67.9 cm³/mol. The average Bonchev–Trinajstić information content (AvgIpc) is 2.57. The van der Waals surface area contributed by atoms with Gasteiger partial charge in [-0.3, -0.25) is 14.4 Å². The lowest BCUT2D eigenvalue weighted by molar-refractivity contribution is -0.136. The van der Waals surface area contributed by atoms with Gasteiger partial charge in [0.15, 0.2) is 0 Å². The molecule has 0 saturated carbocycles. The number of carbonyl (C=O) groups excluding carboxylic acids is 2. The van der Waals surface area contributed by atoms with Crippen molar-refractivity contribution < 1.29 is 19.5 Å². The van der Waals surface area contributed by atoms with Crippen LogP contribution in [0.5, 0.6) is 0 Å². The van der Waals surface area contributed by atoms with Crippen LogP contribution in [0.3, 0.4) is 0 Å². The normalized spacial score (nSPS) is 9.89. The van der Waals surface area contributed by atoms with Crippen molar-refractivity contribution in [2.24, 2.45) is 0 Å². The molecule has 0 spiro atoms. The minimum atomic E-state index is -0.973. The van der Waals surface area contributed by atoms with E-state index in [1.165, 1.54) is 18.3 Å². The zero-order chi connectivity index (χ0) is 13.7. The van der Waals surface area contributed by atoms with Crippen molar-refractivity contribution in [3.63, 3.8) is 0 Å². The zero-order valence-electron chi connectivity index (χ0n) is 10.1. The Hall–Kier alpha value is -1.89. The van der Waals surface area contributed by atoms with Crippen LogP contribution in [0.25, 0.3) is 0 Å². The van der Waals surface area contributed by atoms with Crippen LogP contribution in [0.1, 0.15) is 28.6 Å². The van der Waals surface area contributed by atoms with Gasteiger partial charge in [0.25, 0.3) is 5.91 Å². The fraction of sp³-hybridized carbons (Fsp3) is 0.364. The molecule has 0 unspecified atom stereocenters. The van der Waals surface area contributed by atoms with Gasteiger partial charge in [0, 0.05) is 18.3 Å². The summed E-state index contributed by atoms with van der Waals surface area (Å²) in [6.45, 7) is 3.24. The van der Waals surface area contributed by atoms with Crippen LogP contribution in [0, 0.1) is 6.92 Å². The molecular weight excluding hydrogens is 256 g/mol. The summed E-state index contributed by atoms with van der Waals surface area (Å²) in [6, 6.07) is 1.66. The van der Waals surface area contributed by atoms with Crippen molar-refractivity contribution in [2.45, 2.75) is 20.3 Å². The Morgan fingerprint density at radius 3 is 2.61 bits per heavy atom. The molecule has 2 amide bonds. The Morgan fingerprint density at radius 1 is 1.39 bits per heavy atom. The van der Waals surface area contributed by atoms with Gasteiger partial charge < -0.3 is 15.7 Å². The molecule has 1 rings (SSSR count). The van der Waals surface area contributed by atoms with Crippen LogP contribution in [0.15, 0.2) is 6.07 Å². The van der Waals surface area contributed by atoms with Crippen LogP contribution in [-0.4, -0.2) is 29.4 Å². The maximum Gasteiger partial charge on any atom is 0.305 e. The standard InChI is InChI=1S/C11H14N2O4S/c1-6-5-8(11(18-6)13-7(2)14)10(17)12-4-3-9(15)16/h5H,3-4H2,1-2H3,(H,12,17)(H,13,14)(H,15,16). The molecule has 0 aromatic carbocycles. The number of hydrogen-bond donors (Lipinski definition) is 3. The number of rotatable bonds is 5. The number of amides is 2. The molecule has 0 aliphatic heterocycles. The molecule has 0 saturated heterocycles. The molecule has 98 valence electrons. The third-order valence-corrected chi connectivity index (χ3v) is 2.98. The molecule has 0 aliphatic rings. The van der Waals surface area contributed by atoms with E-state index >= 15 is 0 Å². The third kappa shape index (κ3) is 4.17. The second-order valence-corrected chi connectivity index (χ2v) is 4.94. The van der Waals surface area contributed by atoms with Gasteiger partial charge in [0.1, 0.15) is 5.00 Å². The summed E-state index contributed by atoms with van der Waals surface area (Å²) in [5.74, 6) is -1.61. The fourth-order valence-electron chi connectivity index (χ4n) is 1.31. The lowest BCUT2D eigenvalue weighted by atomic mass is 10.2. The molecule has 0 aliphatic carbocycles. The summed E-state index contributed by atoms with van der Waals surface area (Å²) in [7, 11) is 0. The van der Waals surface area contributed by atoms with Crippen LogP contribution in [0.4, 0.5) is 5.00 Å². The van der Waals surface area contributed by atoms with Crippen LogP contribution < -0.4 is 10.6 Å². The average molecular weight is 270 g/mol. The smallest absolute Gasteiger partial charge is 0.305 e. The first-order chi connectivity index (χ1) is 8.40. The first kappa shape index (κ1) is 14.2. The van der Waals surface area contributed by atoms with Crippen molar-refractivity contribution in [1.82, 2.24) is 5.32 Å². The van der Waals surface area contributed by atoms with E-state index in [-0.39, 0.29) is 24.8 Å². The molecule has 0 bridgehead atoms. The Balaban J connectivity index is 2.72. The number of nitrogens with one attached hydrogen (secondary N) is 2. The first-order valence-corrected chi connectivity index (χ1v) is 6.10. The highest BCUT2D eigenvalue weighted by atomic mass is 32.1. The van der Waals surface area contributed by atoms with Gasteiger partial charge in [-0.05, 0) is 13.0 Å². The van der Waals surface area contributed by atoms with Crippen molar-refractivity contribution in [3.8, 4) is 0 Å². The van der Waals surface area contributed by atoms with E-state index in [0.29, 0.717) is 10.6 Å². The van der Waals surface area contributed by atoms with E-state index in [1.54, 1.807) is 6.07 Å².